The Morgan fingerprint density at radius 1 is 1.35 bits per heavy atom. The first-order valence-electron chi connectivity index (χ1n) is 7.68. The summed E-state index contributed by atoms with van der Waals surface area (Å²) in [6.07, 6.45) is 4.62. The zero-order valence-corrected chi connectivity index (χ0v) is 13.3. The Kier molecular flexibility index (Phi) is 4.89. The van der Waals surface area contributed by atoms with Crippen LogP contribution in [0.15, 0.2) is 18.2 Å². The minimum Gasteiger partial charge on any atom is -0.427 e. The van der Waals surface area contributed by atoms with Gasteiger partial charge in [-0.1, -0.05) is 12.8 Å². The average molecular weight is 344 g/mol. The largest absolute Gasteiger partial charge is 0.427 e. The van der Waals surface area contributed by atoms with Crippen LogP contribution in [0.25, 0.3) is 0 Å². The monoisotopic (exact) mass is 344 g/mol. The van der Waals surface area contributed by atoms with Gasteiger partial charge in [0.05, 0.1) is 4.92 Å². The highest BCUT2D eigenvalue weighted by atomic mass is 32.2. The lowest BCUT2D eigenvalue weighted by Crippen LogP contribution is -2.49. The summed E-state index contributed by atoms with van der Waals surface area (Å²) < 4.78 is 29.5. The van der Waals surface area contributed by atoms with E-state index >= 15 is 0 Å². The van der Waals surface area contributed by atoms with Crippen LogP contribution in [0, 0.1) is 10.1 Å². The standard InChI is InChI=1S/C15H18F2N2O3S/c16-15(17)22-13-9-10(5-6-11(13)19(20)21)18-7-8-23-14-4-2-1-3-12(14)18/h5-6,9,12,14-15H,1-4,7-8H2. The molecule has 1 aliphatic carbocycles. The number of fused-ring (bicyclic) bond motifs is 1. The molecule has 5 nitrogen and oxygen atoms in total. The van der Waals surface area contributed by atoms with Gasteiger partial charge in [-0.25, -0.2) is 0 Å². The van der Waals surface area contributed by atoms with E-state index in [1.165, 1.54) is 25.0 Å². The molecule has 0 bridgehead atoms. The van der Waals surface area contributed by atoms with E-state index < -0.39 is 17.2 Å². The highest BCUT2D eigenvalue weighted by Crippen LogP contribution is 2.40. The second-order valence-corrected chi connectivity index (χ2v) is 7.09. The lowest BCUT2D eigenvalue weighted by atomic mass is 9.93. The third-order valence-electron chi connectivity index (χ3n) is 4.42. The molecule has 0 radical (unpaired) electrons. The molecule has 126 valence electrons. The van der Waals surface area contributed by atoms with Gasteiger partial charge >= 0.3 is 12.3 Å². The molecular weight excluding hydrogens is 326 g/mol. The number of halogens is 2. The molecule has 1 aromatic rings. The third-order valence-corrected chi connectivity index (χ3v) is 5.82. The maximum atomic E-state index is 12.5. The van der Waals surface area contributed by atoms with Gasteiger partial charge in [0.15, 0.2) is 0 Å². The molecule has 0 aromatic heterocycles. The number of ether oxygens (including phenoxy) is 1. The van der Waals surface area contributed by atoms with Gasteiger partial charge in [-0.2, -0.15) is 20.5 Å². The second kappa shape index (κ2) is 6.90. The van der Waals surface area contributed by atoms with Gasteiger partial charge in [0.25, 0.3) is 0 Å². The van der Waals surface area contributed by atoms with Crippen molar-refractivity contribution in [3.63, 3.8) is 0 Å². The molecule has 1 aliphatic heterocycles. The molecule has 23 heavy (non-hydrogen) atoms. The molecule has 0 spiro atoms. The van der Waals surface area contributed by atoms with Gasteiger partial charge in [0.1, 0.15) is 0 Å². The van der Waals surface area contributed by atoms with Crippen molar-refractivity contribution in [3.8, 4) is 5.75 Å². The summed E-state index contributed by atoms with van der Waals surface area (Å²) in [6.45, 7) is -2.26. The Hall–Kier alpha value is -1.57. The number of nitro benzene ring substituents is 1. The van der Waals surface area contributed by atoms with Gasteiger partial charge < -0.3 is 9.64 Å². The summed E-state index contributed by atoms with van der Waals surface area (Å²) in [6, 6.07) is 4.64. The van der Waals surface area contributed by atoms with Gasteiger partial charge in [-0.3, -0.25) is 10.1 Å². The first-order valence-corrected chi connectivity index (χ1v) is 8.72. The lowest BCUT2D eigenvalue weighted by molar-refractivity contribution is -0.386. The molecule has 1 saturated heterocycles. The summed E-state index contributed by atoms with van der Waals surface area (Å²) in [5.41, 5.74) is 0.295. The number of thioether (sulfide) groups is 1. The van der Waals surface area contributed by atoms with Crippen LogP contribution in [0.2, 0.25) is 0 Å². The van der Waals surface area contributed by atoms with Crippen LogP contribution in [0.4, 0.5) is 20.2 Å². The maximum absolute atomic E-state index is 12.5. The van der Waals surface area contributed by atoms with Crippen molar-refractivity contribution in [2.24, 2.45) is 0 Å². The summed E-state index contributed by atoms with van der Waals surface area (Å²) in [7, 11) is 0. The first kappa shape index (κ1) is 16.3. The number of nitrogens with zero attached hydrogens (tertiary/aromatic N) is 2. The summed E-state index contributed by atoms with van der Waals surface area (Å²) in [4.78, 5) is 12.5. The number of benzene rings is 1. The summed E-state index contributed by atoms with van der Waals surface area (Å²) in [5.74, 6) is 0.608. The molecule has 1 saturated carbocycles. The first-order chi connectivity index (χ1) is 11.1. The topological polar surface area (TPSA) is 55.6 Å². The fraction of sp³-hybridized carbons (Fsp3) is 0.600. The molecule has 0 N–H and O–H groups in total. The van der Waals surface area contributed by atoms with Crippen LogP contribution < -0.4 is 9.64 Å². The second-order valence-electron chi connectivity index (χ2n) is 5.74. The predicted molar refractivity (Wildman–Crippen MR) is 85.6 cm³/mol. The van der Waals surface area contributed by atoms with Crippen molar-refractivity contribution in [3.05, 3.63) is 28.3 Å². The predicted octanol–water partition coefficient (Wildman–Crippen LogP) is 4.06. The zero-order valence-electron chi connectivity index (χ0n) is 12.5. The Morgan fingerprint density at radius 3 is 2.87 bits per heavy atom. The van der Waals surface area contributed by atoms with Gasteiger partial charge in [-0.05, 0) is 18.9 Å². The van der Waals surface area contributed by atoms with Crippen LogP contribution >= 0.6 is 11.8 Å². The average Bonchev–Trinajstić information content (AvgIpc) is 2.53. The molecule has 8 heteroatoms. The zero-order chi connectivity index (χ0) is 16.4. The molecule has 1 heterocycles. The number of rotatable bonds is 4. The Labute approximate surface area is 137 Å². The lowest BCUT2D eigenvalue weighted by Gasteiger charge is -2.45. The quantitative estimate of drug-likeness (QED) is 0.609. The Morgan fingerprint density at radius 2 is 2.13 bits per heavy atom. The molecule has 2 atom stereocenters. The van der Waals surface area contributed by atoms with Crippen LogP contribution in [-0.4, -0.2) is 35.1 Å². The molecule has 2 fully saturated rings. The molecular formula is C15H18F2N2O3S. The summed E-state index contributed by atoms with van der Waals surface area (Å²) >= 11 is 1.97. The third kappa shape index (κ3) is 3.52. The maximum Gasteiger partial charge on any atom is 0.387 e. The van der Waals surface area contributed by atoms with E-state index in [1.807, 2.05) is 11.8 Å². The van der Waals surface area contributed by atoms with E-state index in [0.717, 1.165) is 30.8 Å². The number of anilines is 1. The van der Waals surface area contributed by atoms with Gasteiger partial charge in [-0.15, -0.1) is 0 Å². The highest BCUT2D eigenvalue weighted by Gasteiger charge is 2.34. The van der Waals surface area contributed by atoms with Gasteiger partial charge in [0, 0.05) is 41.4 Å². The number of nitro groups is 1. The van der Waals surface area contributed by atoms with E-state index in [4.69, 9.17) is 0 Å². The van der Waals surface area contributed by atoms with Crippen LogP contribution in [-0.2, 0) is 0 Å². The highest BCUT2D eigenvalue weighted by molar-refractivity contribution is 8.00. The number of hydrogen-bond acceptors (Lipinski definition) is 5. The van der Waals surface area contributed by atoms with E-state index in [0.29, 0.717) is 11.3 Å². The van der Waals surface area contributed by atoms with Crippen LogP contribution in [0.5, 0.6) is 5.75 Å². The Bertz CT molecular complexity index is 586. The fourth-order valence-corrected chi connectivity index (χ4v) is 4.88. The fourth-order valence-electron chi connectivity index (χ4n) is 3.44. The van der Waals surface area contributed by atoms with E-state index in [9.17, 15) is 18.9 Å². The van der Waals surface area contributed by atoms with E-state index in [2.05, 4.69) is 9.64 Å². The summed E-state index contributed by atoms with van der Waals surface area (Å²) in [5, 5.41) is 11.5. The van der Waals surface area contributed by atoms with Gasteiger partial charge in [0.2, 0.25) is 5.75 Å². The SMILES string of the molecule is O=[N+]([O-])c1ccc(N2CCSC3CCCCC32)cc1OC(F)F. The molecule has 2 aliphatic rings. The minimum absolute atomic E-state index is 0.364. The van der Waals surface area contributed by atoms with Crippen molar-refractivity contribution in [1.29, 1.82) is 0 Å². The van der Waals surface area contributed by atoms with Crippen molar-refractivity contribution < 1.29 is 18.4 Å². The van der Waals surface area contributed by atoms with E-state index in [-0.39, 0.29) is 5.75 Å². The molecule has 1 aromatic carbocycles. The van der Waals surface area contributed by atoms with E-state index in [1.54, 1.807) is 6.07 Å². The van der Waals surface area contributed by atoms with Crippen LogP contribution in [0.1, 0.15) is 25.7 Å². The van der Waals surface area contributed by atoms with Crippen molar-refractivity contribution in [1.82, 2.24) is 0 Å². The minimum atomic E-state index is -3.08. The molecule has 3 rings (SSSR count). The normalized spacial score (nSPS) is 24.4. The molecule has 2 unspecified atom stereocenters. The number of hydrogen-bond donors (Lipinski definition) is 0. The van der Waals surface area contributed by atoms with Crippen molar-refractivity contribution in [2.45, 2.75) is 43.6 Å². The smallest absolute Gasteiger partial charge is 0.387 e. The Balaban J connectivity index is 1.90. The van der Waals surface area contributed by atoms with Crippen molar-refractivity contribution in [2.75, 3.05) is 17.2 Å². The molecule has 0 amide bonds. The van der Waals surface area contributed by atoms with Crippen LogP contribution in [0.3, 0.4) is 0 Å². The van der Waals surface area contributed by atoms with Crippen molar-refractivity contribution >= 4 is 23.1 Å². The number of alkyl halides is 2.